The third-order valence-electron chi connectivity index (χ3n) is 3.36. The Bertz CT molecular complexity index is 870. The van der Waals surface area contributed by atoms with Crippen LogP contribution in [0.15, 0.2) is 64.4 Å². The van der Waals surface area contributed by atoms with Gasteiger partial charge in [0.2, 0.25) is 5.91 Å². The van der Waals surface area contributed by atoms with Crippen LogP contribution in [0.2, 0.25) is 0 Å². The van der Waals surface area contributed by atoms with E-state index < -0.39 is 22.9 Å². The van der Waals surface area contributed by atoms with Gasteiger partial charge in [0.25, 0.3) is 0 Å². The van der Waals surface area contributed by atoms with Crippen LogP contribution in [-0.2, 0) is 11.0 Å². The fraction of sp³-hybridized carbons (Fsp3) is 0.118. The first-order chi connectivity index (χ1) is 12.4. The average molecular weight is 395 g/mol. The zero-order valence-corrected chi connectivity index (χ0v) is 14.7. The summed E-state index contributed by atoms with van der Waals surface area (Å²) in [6.07, 6.45) is -4.47. The van der Waals surface area contributed by atoms with Crippen molar-refractivity contribution in [2.75, 3.05) is 5.32 Å². The van der Waals surface area contributed by atoms with E-state index in [4.69, 9.17) is 0 Å². The van der Waals surface area contributed by atoms with Gasteiger partial charge in [0, 0.05) is 5.69 Å². The summed E-state index contributed by atoms with van der Waals surface area (Å²) in [5, 5.41) is 9.56. The summed E-state index contributed by atoms with van der Waals surface area (Å²) in [6.45, 7) is 0. The molecule has 0 aliphatic heterocycles. The summed E-state index contributed by atoms with van der Waals surface area (Å²) in [4.78, 5) is 12.7. The number of hydrogen-bond donors (Lipinski definition) is 1. The van der Waals surface area contributed by atoms with Crippen molar-refractivity contribution < 1.29 is 18.0 Å². The van der Waals surface area contributed by atoms with Gasteiger partial charge in [-0.2, -0.15) is 13.2 Å². The van der Waals surface area contributed by atoms with E-state index in [9.17, 15) is 18.0 Å². The molecule has 0 radical (unpaired) electrons. The van der Waals surface area contributed by atoms with Gasteiger partial charge in [-0.05, 0) is 23.8 Å². The van der Waals surface area contributed by atoms with Crippen LogP contribution in [0.5, 0.6) is 0 Å². The van der Waals surface area contributed by atoms with Gasteiger partial charge in [-0.1, -0.05) is 59.5 Å². The lowest BCUT2D eigenvalue weighted by Gasteiger charge is -2.16. The highest BCUT2D eigenvalue weighted by atomic mass is 32.2. The molecule has 3 aromatic rings. The number of nitrogens with zero attached hydrogens (tertiary/aromatic N) is 2. The number of anilines is 1. The van der Waals surface area contributed by atoms with Gasteiger partial charge in [0.1, 0.15) is 10.8 Å². The minimum atomic E-state index is -4.47. The molecule has 0 unspecified atom stereocenters. The van der Waals surface area contributed by atoms with E-state index in [1.54, 1.807) is 29.8 Å². The molecule has 0 aliphatic carbocycles. The molecule has 2 aromatic carbocycles. The number of nitrogens with one attached hydrogen (secondary N) is 1. The average Bonchev–Trinajstić information content (AvgIpc) is 3.13. The lowest BCUT2D eigenvalue weighted by molar-refractivity contribution is -0.137. The standard InChI is InChI=1S/C17H12F3N3OS2/c18-17(19,20)12-7-4-8-13(9-12)22-15(24)14(11-5-2-1-3-6-11)26-16-23-21-10-25-16/h1-10,14H,(H,22,24)/t14-/m1/s1. The summed E-state index contributed by atoms with van der Waals surface area (Å²) in [5.41, 5.74) is 1.54. The molecule has 1 atom stereocenters. The molecular formula is C17H12F3N3OS2. The van der Waals surface area contributed by atoms with Crippen LogP contribution >= 0.6 is 23.1 Å². The molecule has 0 spiro atoms. The highest BCUT2D eigenvalue weighted by molar-refractivity contribution is 8.01. The van der Waals surface area contributed by atoms with Gasteiger partial charge < -0.3 is 5.32 Å². The maximum atomic E-state index is 12.9. The normalized spacial score (nSPS) is 12.6. The molecule has 26 heavy (non-hydrogen) atoms. The Labute approximate surface area is 155 Å². The fourth-order valence-electron chi connectivity index (χ4n) is 2.20. The Kier molecular flexibility index (Phi) is 5.58. The summed E-state index contributed by atoms with van der Waals surface area (Å²) >= 11 is 2.48. The molecule has 4 nitrogen and oxygen atoms in total. The van der Waals surface area contributed by atoms with E-state index in [0.717, 1.165) is 17.7 Å². The summed E-state index contributed by atoms with van der Waals surface area (Å²) < 4.78 is 39.1. The van der Waals surface area contributed by atoms with Gasteiger partial charge >= 0.3 is 6.18 Å². The second-order valence-electron chi connectivity index (χ2n) is 5.18. The topological polar surface area (TPSA) is 54.9 Å². The van der Waals surface area contributed by atoms with E-state index in [-0.39, 0.29) is 5.69 Å². The van der Waals surface area contributed by atoms with E-state index in [2.05, 4.69) is 15.5 Å². The Morgan fingerprint density at radius 3 is 2.54 bits per heavy atom. The lowest BCUT2D eigenvalue weighted by Crippen LogP contribution is -2.19. The predicted molar refractivity (Wildman–Crippen MR) is 95.0 cm³/mol. The van der Waals surface area contributed by atoms with Crippen LogP contribution < -0.4 is 5.32 Å². The zero-order valence-electron chi connectivity index (χ0n) is 13.1. The molecule has 0 bridgehead atoms. The molecule has 1 N–H and O–H groups in total. The van der Waals surface area contributed by atoms with Crippen molar-refractivity contribution in [3.05, 3.63) is 71.2 Å². The van der Waals surface area contributed by atoms with Gasteiger partial charge in [-0.25, -0.2) is 0 Å². The number of carbonyl (C=O) groups excluding carboxylic acids is 1. The third kappa shape index (κ3) is 4.61. The first-order valence-corrected chi connectivity index (χ1v) is 9.15. The predicted octanol–water partition coefficient (Wildman–Crippen LogP) is 5.03. The molecule has 0 saturated heterocycles. The van der Waals surface area contributed by atoms with Crippen LogP contribution in [0.25, 0.3) is 0 Å². The van der Waals surface area contributed by atoms with Gasteiger partial charge in [-0.15, -0.1) is 10.2 Å². The molecule has 1 amide bonds. The Morgan fingerprint density at radius 2 is 1.88 bits per heavy atom. The molecule has 9 heteroatoms. The van der Waals surface area contributed by atoms with E-state index >= 15 is 0 Å². The Balaban J connectivity index is 1.84. The molecule has 0 saturated carbocycles. The van der Waals surface area contributed by atoms with Gasteiger partial charge in [0.15, 0.2) is 4.34 Å². The second kappa shape index (κ2) is 7.88. The number of aromatic nitrogens is 2. The van der Waals surface area contributed by atoms with Crippen LogP contribution in [-0.4, -0.2) is 16.1 Å². The number of carbonyl (C=O) groups is 1. The van der Waals surface area contributed by atoms with Crippen molar-refractivity contribution >= 4 is 34.7 Å². The number of hydrogen-bond acceptors (Lipinski definition) is 5. The Hall–Kier alpha value is -2.39. The number of benzene rings is 2. The molecular weight excluding hydrogens is 383 g/mol. The monoisotopic (exact) mass is 395 g/mol. The van der Waals surface area contributed by atoms with Gasteiger partial charge in [-0.3, -0.25) is 4.79 Å². The maximum Gasteiger partial charge on any atom is 0.416 e. The Morgan fingerprint density at radius 1 is 1.12 bits per heavy atom. The third-order valence-corrected chi connectivity index (χ3v) is 5.42. The molecule has 3 rings (SSSR count). The maximum absolute atomic E-state index is 12.9. The highest BCUT2D eigenvalue weighted by Crippen LogP contribution is 2.37. The lowest BCUT2D eigenvalue weighted by atomic mass is 10.1. The van der Waals surface area contributed by atoms with Crippen molar-refractivity contribution in [3.63, 3.8) is 0 Å². The molecule has 1 aromatic heterocycles. The van der Waals surface area contributed by atoms with Crippen molar-refractivity contribution in [2.45, 2.75) is 15.8 Å². The van der Waals surface area contributed by atoms with Gasteiger partial charge in [0.05, 0.1) is 5.56 Å². The summed E-state index contributed by atoms with van der Waals surface area (Å²) in [6, 6.07) is 13.5. The number of amides is 1. The van der Waals surface area contributed by atoms with Crippen LogP contribution in [0.1, 0.15) is 16.4 Å². The first-order valence-electron chi connectivity index (χ1n) is 7.39. The summed E-state index contributed by atoms with van der Waals surface area (Å²) in [5.74, 6) is -0.435. The van der Waals surface area contributed by atoms with Crippen molar-refractivity contribution in [1.82, 2.24) is 10.2 Å². The molecule has 134 valence electrons. The first kappa shape index (κ1) is 18.4. The van der Waals surface area contributed by atoms with Crippen LogP contribution in [0, 0.1) is 0 Å². The van der Waals surface area contributed by atoms with Crippen LogP contribution in [0.3, 0.4) is 0 Å². The number of alkyl halides is 3. The highest BCUT2D eigenvalue weighted by Gasteiger charge is 2.31. The van der Waals surface area contributed by atoms with E-state index in [0.29, 0.717) is 4.34 Å². The quantitative estimate of drug-likeness (QED) is 0.616. The van der Waals surface area contributed by atoms with E-state index in [1.165, 1.54) is 35.2 Å². The summed E-state index contributed by atoms with van der Waals surface area (Å²) in [7, 11) is 0. The molecule has 0 fully saturated rings. The zero-order chi connectivity index (χ0) is 18.6. The number of rotatable bonds is 5. The minimum Gasteiger partial charge on any atom is -0.325 e. The second-order valence-corrected chi connectivity index (χ2v) is 7.37. The minimum absolute atomic E-state index is 0.0867. The van der Waals surface area contributed by atoms with Crippen molar-refractivity contribution in [3.8, 4) is 0 Å². The molecule has 0 aliphatic rings. The number of halogens is 3. The smallest absolute Gasteiger partial charge is 0.325 e. The van der Waals surface area contributed by atoms with Crippen LogP contribution in [0.4, 0.5) is 18.9 Å². The fourth-order valence-corrected chi connectivity index (χ4v) is 3.87. The van der Waals surface area contributed by atoms with Crippen molar-refractivity contribution in [2.24, 2.45) is 0 Å². The van der Waals surface area contributed by atoms with E-state index in [1.807, 2.05) is 6.07 Å². The SMILES string of the molecule is O=C(Nc1cccc(C(F)(F)F)c1)[C@H](Sc1nncs1)c1ccccc1. The number of thioether (sulfide) groups is 1. The van der Waals surface area contributed by atoms with Crippen molar-refractivity contribution in [1.29, 1.82) is 0 Å². The molecule has 1 heterocycles. The largest absolute Gasteiger partial charge is 0.416 e.